The van der Waals surface area contributed by atoms with Gasteiger partial charge in [0.15, 0.2) is 0 Å². The average molecular weight is 250 g/mol. The minimum Gasteiger partial charge on any atom is -0.395 e. The Bertz CT molecular complexity index is 451. The van der Waals surface area contributed by atoms with Crippen LogP contribution >= 0.6 is 0 Å². The average Bonchev–Trinajstić information content (AvgIpc) is 2.38. The van der Waals surface area contributed by atoms with Crippen LogP contribution in [0.25, 0.3) is 0 Å². The van der Waals surface area contributed by atoms with Crippen LogP contribution < -0.4 is 5.73 Å². The van der Waals surface area contributed by atoms with E-state index < -0.39 is 0 Å². The molecule has 1 aromatic rings. The molecule has 0 spiro atoms. The molecule has 0 radical (unpaired) electrons. The van der Waals surface area contributed by atoms with Crippen molar-refractivity contribution < 1.29 is 9.50 Å². The van der Waals surface area contributed by atoms with Gasteiger partial charge in [0.1, 0.15) is 5.82 Å². The van der Waals surface area contributed by atoms with Gasteiger partial charge in [-0.1, -0.05) is 17.9 Å². The molecule has 1 unspecified atom stereocenters. The second-order valence-electron chi connectivity index (χ2n) is 4.27. The van der Waals surface area contributed by atoms with Crippen LogP contribution in [-0.2, 0) is 6.54 Å². The van der Waals surface area contributed by atoms with Crippen LogP contribution in [0.15, 0.2) is 18.2 Å². The number of likely N-dealkylation sites (N-methyl/N-ethyl adjacent to an activating group) is 1. The number of hydrogen-bond donors (Lipinski definition) is 2. The summed E-state index contributed by atoms with van der Waals surface area (Å²) in [5.74, 6) is 5.02. The normalized spacial score (nSPS) is 12.1. The van der Waals surface area contributed by atoms with E-state index in [1.54, 1.807) is 12.1 Å². The number of halogens is 1. The highest BCUT2D eigenvalue weighted by atomic mass is 19.1. The highest BCUT2D eigenvalue weighted by Gasteiger charge is 2.09. The predicted octanol–water partition coefficient (Wildman–Crippen LogP) is 0.948. The molecule has 0 aliphatic heterocycles. The first kappa shape index (κ1) is 14.7. The van der Waals surface area contributed by atoms with E-state index in [1.807, 2.05) is 18.9 Å². The number of aliphatic hydroxyl groups is 1. The van der Waals surface area contributed by atoms with Crippen molar-refractivity contribution in [2.24, 2.45) is 5.73 Å². The predicted molar refractivity (Wildman–Crippen MR) is 70.3 cm³/mol. The Hall–Kier alpha value is -1.41. The van der Waals surface area contributed by atoms with Gasteiger partial charge in [0.05, 0.1) is 18.7 Å². The summed E-state index contributed by atoms with van der Waals surface area (Å²) in [7, 11) is 1.91. The van der Waals surface area contributed by atoms with Crippen molar-refractivity contribution in [1.29, 1.82) is 0 Å². The Labute approximate surface area is 107 Å². The summed E-state index contributed by atoms with van der Waals surface area (Å²) < 4.78 is 13.5. The maximum Gasteiger partial charge on any atom is 0.138 e. The topological polar surface area (TPSA) is 49.5 Å². The van der Waals surface area contributed by atoms with Crippen molar-refractivity contribution in [2.45, 2.75) is 19.5 Å². The van der Waals surface area contributed by atoms with Crippen LogP contribution in [0.5, 0.6) is 0 Å². The highest BCUT2D eigenvalue weighted by Crippen LogP contribution is 2.12. The van der Waals surface area contributed by atoms with E-state index in [0.29, 0.717) is 12.1 Å². The number of benzene rings is 1. The zero-order valence-corrected chi connectivity index (χ0v) is 10.8. The summed E-state index contributed by atoms with van der Waals surface area (Å²) in [4.78, 5) is 1.99. The summed E-state index contributed by atoms with van der Waals surface area (Å²) >= 11 is 0. The maximum absolute atomic E-state index is 13.5. The van der Waals surface area contributed by atoms with E-state index in [4.69, 9.17) is 10.8 Å². The van der Waals surface area contributed by atoms with Crippen molar-refractivity contribution in [3.63, 3.8) is 0 Å². The molecule has 3 nitrogen and oxygen atoms in total. The summed E-state index contributed by atoms with van der Waals surface area (Å²) in [5.41, 5.74) is 6.59. The Balaban J connectivity index is 2.85. The Kier molecular flexibility index (Phi) is 5.79. The van der Waals surface area contributed by atoms with Gasteiger partial charge >= 0.3 is 0 Å². The SMILES string of the molecule is CC(CO)N(C)Cc1ccc(F)c(C#CCN)c1. The Morgan fingerprint density at radius 2 is 2.22 bits per heavy atom. The first-order valence-electron chi connectivity index (χ1n) is 5.87. The molecule has 1 atom stereocenters. The van der Waals surface area contributed by atoms with Crippen molar-refractivity contribution in [2.75, 3.05) is 20.2 Å². The van der Waals surface area contributed by atoms with E-state index >= 15 is 0 Å². The standard InChI is InChI=1S/C14H19FN2O/c1-11(10-18)17(2)9-12-5-6-14(15)13(8-12)4-3-7-16/h5-6,8,11,18H,7,9-10,16H2,1-2H3. The highest BCUT2D eigenvalue weighted by molar-refractivity contribution is 5.38. The molecule has 0 aliphatic carbocycles. The molecular formula is C14H19FN2O. The van der Waals surface area contributed by atoms with Crippen LogP contribution in [0.1, 0.15) is 18.1 Å². The fourth-order valence-corrected chi connectivity index (χ4v) is 1.50. The Morgan fingerprint density at radius 1 is 1.50 bits per heavy atom. The van der Waals surface area contributed by atoms with Gasteiger partial charge < -0.3 is 10.8 Å². The van der Waals surface area contributed by atoms with Gasteiger partial charge in [0.25, 0.3) is 0 Å². The third kappa shape index (κ3) is 4.11. The first-order chi connectivity index (χ1) is 8.58. The van der Waals surface area contributed by atoms with Crippen molar-refractivity contribution in [3.8, 4) is 11.8 Å². The monoisotopic (exact) mass is 250 g/mol. The lowest BCUT2D eigenvalue weighted by molar-refractivity contribution is 0.154. The van der Waals surface area contributed by atoms with Crippen molar-refractivity contribution >= 4 is 0 Å². The summed E-state index contributed by atoms with van der Waals surface area (Å²) in [6.45, 7) is 2.88. The molecule has 0 aliphatic rings. The van der Waals surface area contributed by atoms with Gasteiger partial charge in [0, 0.05) is 12.6 Å². The number of nitrogens with zero attached hydrogens (tertiary/aromatic N) is 1. The molecule has 1 aromatic carbocycles. The molecule has 0 fully saturated rings. The van der Waals surface area contributed by atoms with E-state index in [0.717, 1.165) is 5.56 Å². The number of aliphatic hydroxyl groups excluding tert-OH is 1. The number of rotatable bonds is 4. The second kappa shape index (κ2) is 7.12. The number of nitrogens with two attached hydrogens (primary N) is 1. The largest absolute Gasteiger partial charge is 0.395 e. The fourth-order valence-electron chi connectivity index (χ4n) is 1.50. The van der Waals surface area contributed by atoms with Gasteiger partial charge in [-0.3, -0.25) is 4.90 Å². The van der Waals surface area contributed by atoms with E-state index in [1.165, 1.54) is 6.07 Å². The molecule has 0 amide bonds. The van der Waals surface area contributed by atoms with E-state index in [2.05, 4.69) is 11.8 Å². The third-order valence-electron chi connectivity index (χ3n) is 2.80. The third-order valence-corrected chi connectivity index (χ3v) is 2.80. The van der Waals surface area contributed by atoms with Crippen LogP contribution in [0.3, 0.4) is 0 Å². The lowest BCUT2D eigenvalue weighted by Gasteiger charge is -2.22. The summed E-state index contributed by atoms with van der Waals surface area (Å²) in [5, 5.41) is 9.06. The van der Waals surface area contributed by atoms with Crippen LogP contribution in [-0.4, -0.2) is 36.2 Å². The quantitative estimate of drug-likeness (QED) is 0.782. The smallest absolute Gasteiger partial charge is 0.138 e. The van der Waals surface area contributed by atoms with Crippen LogP contribution in [0, 0.1) is 17.7 Å². The van der Waals surface area contributed by atoms with Gasteiger partial charge in [-0.25, -0.2) is 4.39 Å². The van der Waals surface area contributed by atoms with Gasteiger partial charge in [0.2, 0.25) is 0 Å². The van der Waals surface area contributed by atoms with E-state index in [-0.39, 0.29) is 25.0 Å². The minimum atomic E-state index is -0.336. The lowest BCUT2D eigenvalue weighted by atomic mass is 10.1. The molecule has 1 rings (SSSR count). The molecular weight excluding hydrogens is 231 g/mol. The van der Waals surface area contributed by atoms with Gasteiger partial charge in [-0.2, -0.15) is 0 Å². The fraction of sp³-hybridized carbons (Fsp3) is 0.429. The molecule has 0 aromatic heterocycles. The second-order valence-corrected chi connectivity index (χ2v) is 4.27. The molecule has 0 saturated heterocycles. The molecule has 0 heterocycles. The first-order valence-corrected chi connectivity index (χ1v) is 5.87. The zero-order chi connectivity index (χ0) is 13.5. The van der Waals surface area contributed by atoms with Gasteiger partial charge in [-0.15, -0.1) is 0 Å². The van der Waals surface area contributed by atoms with Crippen LogP contribution in [0.2, 0.25) is 0 Å². The van der Waals surface area contributed by atoms with Crippen LogP contribution in [0.4, 0.5) is 4.39 Å². The molecule has 0 bridgehead atoms. The number of hydrogen-bond acceptors (Lipinski definition) is 3. The molecule has 4 heteroatoms. The minimum absolute atomic E-state index is 0.0635. The molecule has 0 saturated carbocycles. The van der Waals surface area contributed by atoms with Crippen molar-refractivity contribution in [3.05, 3.63) is 35.1 Å². The zero-order valence-electron chi connectivity index (χ0n) is 10.8. The molecule has 3 N–H and O–H groups in total. The maximum atomic E-state index is 13.5. The Morgan fingerprint density at radius 3 is 2.83 bits per heavy atom. The molecule has 18 heavy (non-hydrogen) atoms. The summed E-state index contributed by atoms with van der Waals surface area (Å²) in [6.07, 6.45) is 0. The van der Waals surface area contributed by atoms with Gasteiger partial charge in [-0.05, 0) is 31.7 Å². The lowest BCUT2D eigenvalue weighted by Crippen LogP contribution is -2.31. The van der Waals surface area contributed by atoms with Crippen molar-refractivity contribution in [1.82, 2.24) is 4.90 Å². The summed E-state index contributed by atoms with van der Waals surface area (Å²) in [6, 6.07) is 4.92. The molecule has 98 valence electrons. The van der Waals surface area contributed by atoms with E-state index in [9.17, 15) is 4.39 Å².